The molecule has 0 saturated carbocycles. The van der Waals surface area contributed by atoms with Crippen LogP contribution in [0, 0.1) is 0 Å². The molecular weight excluding hydrogens is 301 g/mol. The van der Waals surface area contributed by atoms with Gasteiger partial charge in [0, 0.05) is 30.4 Å². The zero-order valence-corrected chi connectivity index (χ0v) is 11.5. The Kier molecular flexibility index (Phi) is 3.42. The Morgan fingerprint density at radius 1 is 1.33 bits per heavy atom. The van der Waals surface area contributed by atoms with Crippen molar-refractivity contribution in [2.75, 3.05) is 0 Å². The van der Waals surface area contributed by atoms with E-state index in [4.69, 9.17) is 5.73 Å². The zero-order valence-electron chi connectivity index (χ0n) is 10.7. The molecule has 0 saturated heterocycles. The van der Waals surface area contributed by atoms with Crippen LogP contribution in [0.3, 0.4) is 0 Å². The molecule has 0 aliphatic heterocycles. The fourth-order valence-corrected chi connectivity index (χ4v) is 2.72. The van der Waals surface area contributed by atoms with Crippen molar-refractivity contribution in [3.63, 3.8) is 0 Å². The Hall–Kier alpha value is -1.93. The molecule has 3 rings (SSSR count). The predicted octanol–water partition coefficient (Wildman–Crippen LogP) is 3.05. The van der Waals surface area contributed by atoms with Crippen LogP contribution in [0.5, 0.6) is 0 Å². The summed E-state index contributed by atoms with van der Waals surface area (Å²) in [4.78, 5) is 9.05. The Morgan fingerprint density at radius 3 is 2.76 bits per heavy atom. The average Bonchev–Trinajstić information content (AvgIpc) is 2.98. The van der Waals surface area contributed by atoms with E-state index in [1.807, 2.05) is 22.2 Å². The molecule has 110 valence electrons. The van der Waals surface area contributed by atoms with Crippen LogP contribution in [0.1, 0.15) is 23.0 Å². The van der Waals surface area contributed by atoms with E-state index in [2.05, 4.69) is 9.97 Å². The quantitative estimate of drug-likeness (QED) is 0.808. The lowest BCUT2D eigenvalue weighted by Crippen LogP contribution is -2.16. The van der Waals surface area contributed by atoms with Gasteiger partial charge in [-0.1, -0.05) is 0 Å². The molecule has 3 heterocycles. The summed E-state index contributed by atoms with van der Waals surface area (Å²) in [7, 11) is 0. The molecule has 0 aliphatic carbocycles. The van der Waals surface area contributed by atoms with Crippen molar-refractivity contribution in [1.82, 2.24) is 14.4 Å². The van der Waals surface area contributed by atoms with E-state index in [1.165, 1.54) is 17.4 Å². The largest absolute Gasteiger partial charge is 0.417 e. The summed E-state index contributed by atoms with van der Waals surface area (Å²) in [6.45, 7) is 0. The highest BCUT2D eigenvalue weighted by Gasteiger charge is 2.30. The lowest BCUT2D eigenvalue weighted by atomic mass is 10.1. The van der Waals surface area contributed by atoms with Crippen molar-refractivity contribution in [3.05, 3.63) is 53.1 Å². The smallest absolute Gasteiger partial charge is 0.322 e. The Morgan fingerprint density at radius 2 is 2.14 bits per heavy atom. The molecule has 3 aromatic heterocycles. The van der Waals surface area contributed by atoms with Gasteiger partial charge in [-0.3, -0.25) is 9.38 Å². The first kappa shape index (κ1) is 14.0. The van der Waals surface area contributed by atoms with Crippen LogP contribution in [-0.4, -0.2) is 14.4 Å². The molecule has 0 radical (unpaired) electrons. The summed E-state index contributed by atoms with van der Waals surface area (Å²) in [5.41, 5.74) is 6.41. The summed E-state index contributed by atoms with van der Waals surface area (Å²) in [6, 6.07) is 1.82. The van der Waals surface area contributed by atoms with Crippen molar-refractivity contribution >= 4 is 16.3 Å². The summed E-state index contributed by atoms with van der Waals surface area (Å²) < 4.78 is 39.3. The van der Waals surface area contributed by atoms with Gasteiger partial charge in [-0.05, 0) is 12.1 Å². The van der Waals surface area contributed by atoms with Crippen LogP contribution in [0.15, 0.2) is 36.1 Å². The van der Waals surface area contributed by atoms with Crippen molar-refractivity contribution in [1.29, 1.82) is 0 Å². The first-order valence-corrected chi connectivity index (χ1v) is 7.01. The molecule has 0 aliphatic rings. The molecule has 3 aromatic rings. The number of alkyl halides is 3. The maximum Gasteiger partial charge on any atom is 0.417 e. The molecule has 1 atom stereocenters. The molecule has 0 amide bonds. The van der Waals surface area contributed by atoms with Crippen LogP contribution in [0.2, 0.25) is 0 Å². The number of imidazole rings is 1. The van der Waals surface area contributed by atoms with Crippen LogP contribution >= 0.6 is 11.3 Å². The number of aromatic nitrogens is 3. The summed E-state index contributed by atoms with van der Waals surface area (Å²) in [5, 5.41) is 1.92. The number of nitrogens with zero attached hydrogens (tertiary/aromatic N) is 3. The van der Waals surface area contributed by atoms with Crippen molar-refractivity contribution in [2.24, 2.45) is 5.73 Å². The second-order valence-electron chi connectivity index (χ2n) is 4.61. The molecule has 2 N–H and O–H groups in total. The number of pyridine rings is 1. The Bertz CT molecular complexity index is 716. The van der Waals surface area contributed by atoms with E-state index < -0.39 is 17.8 Å². The molecule has 8 heteroatoms. The highest BCUT2D eigenvalue weighted by Crippen LogP contribution is 2.29. The summed E-state index contributed by atoms with van der Waals surface area (Å²) >= 11 is 1.51. The molecule has 21 heavy (non-hydrogen) atoms. The maximum absolute atomic E-state index is 12.5. The summed E-state index contributed by atoms with van der Waals surface area (Å²) in [6.07, 6.45) is 0.589. The van der Waals surface area contributed by atoms with Gasteiger partial charge >= 0.3 is 6.18 Å². The lowest BCUT2D eigenvalue weighted by molar-refractivity contribution is -0.137. The first-order chi connectivity index (χ1) is 9.93. The van der Waals surface area contributed by atoms with Crippen molar-refractivity contribution < 1.29 is 13.2 Å². The van der Waals surface area contributed by atoms with Gasteiger partial charge in [0.25, 0.3) is 0 Å². The van der Waals surface area contributed by atoms with Crippen LogP contribution in [-0.2, 0) is 12.6 Å². The van der Waals surface area contributed by atoms with E-state index in [0.717, 1.165) is 22.9 Å². The minimum absolute atomic E-state index is 0.416. The van der Waals surface area contributed by atoms with Gasteiger partial charge in [-0.2, -0.15) is 13.2 Å². The van der Waals surface area contributed by atoms with Gasteiger partial charge in [0.2, 0.25) is 0 Å². The van der Waals surface area contributed by atoms with Gasteiger partial charge in [-0.25, -0.2) is 4.98 Å². The molecular formula is C13H11F3N4S. The molecule has 0 spiro atoms. The number of rotatable bonds is 3. The lowest BCUT2D eigenvalue weighted by Gasteiger charge is -2.11. The fraction of sp³-hybridized carbons (Fsp3) is 0.231. The zero-order chi connectivity index (χ0) is 15.0. The minimum Gasteiger partial charge on any atom is -0.322 e. The number of halogens is 3. The molecule has 4 nitrogen and oxygen atoms in total. The average molecular weight is 312 g/mol. The van der Waals surface area contributed by atoms with Crippen LogP contribution in [0.25, 0.3) is 4.96 Å². The molecule has 0 fully saturated rings. The maximum atomic E-state index is 12.5. The first-order valence-electron chi connectivity index (χ1n) is 6.13. The number of nitrogens with two attached hydrogens (primary N) is 1. The number of fused-ring (bicyclic) bond motifs is 1. The van der Waals surface area contributed by atoms with E-state index >= 15 is 0 Å². The van der Waals surface area contributed by atoms with E-state index in [-0.39, 0.29) is 0 Å². The standard InChI is InChI=1S/C13H11F3N4S/c14-13(15,16)8-1-2-11(18-6-8)10(17)5-9-7-20-3-4-21-12(20)19-9/h1-4,6-7,10H,5,17H2. The van der Waals surface area contributed by atoms with Gasteiger partial charge in [0.15, 0.2) is 4.96 Å². The normalized spacial score (nSPS) is 13.7. The summed E-state index contributed by atoms with van der Waals surface area (Å²) in [5.74, 6) is 0. The third-order valence-corrected chi connectivity index (χ3v) is 3.84. The molecule has 1 unspecified atom stereocenters. The monoisotopic (exact) mass is 312 g/mol. The van der Waals surface area contributed by atoms with Crippen molar-refractivity contribution in [3.8, 4) is 0 Å². The van der Waals surface area contributed by atoms with E-state index in [9.17, 15) is 13.2 Å². The molecule has 0 bridgehead atoms. The number of hydrogen-bond donors (Lipinski definition) is 1. The molecule has 0 aromatic carbocycles. The second kappa shape index (κ2) is 5.12. The van der Waals surface area contributed by atoms with Crippen LogP contribution < -0.4 is 5.73 Å². The van der Waals surface area contributed by atoms with Gasteiger partial charge in [-0.15, -0.1) is 11.3 Å². The van der Waals surface area contributed by atoms with Gasteiger partial charge in [0.05, 0.1) is 23.0 Å². The van der Waals surface area contributed by atoms with Gasteiger partial charge < -0.3 is 5.73 Å². The van der Waals surface area contributed by atoms with E-state index in [1.54, 1.807) is 0 Å². The van der Waals surface area contributed by atoms with Crippen LogP contribution in [0.4, 0.5) is 13.2 Å². The third kappa shape index (κ3) is 2.91. The van der Waals surface area contributed by atoms with Gasteiger partial charge in [0.1, 0.15) is 0 Å². The Balaban J connectivity index is 1.75. The number of thiazole rings is 1. The Labute approximate surface area is 122 Å². The second-order valence-corrected chi connectivity index (χ2v) is 5.48. The minimum atomic E-state index is -4.39. The SMILES string of the molecule is NC(Cc1cn2ccsc2n1)c1ccc(C(F)(F)F)cn1. The third-order valence-electron chi connectivity index (χ3n) is 3.07. The fourth-order valence-electron chi connectivity index (χ4n) is 2.00. The van der Waals surface area contributed by atoms with Crippen molar-refractivity contribution in [2.45, 2.75) is 18.6 Å². The highest BCUT2D eigenvalue weighted by atomic mass is 32.1. The topological polar surface area (TPSA) is 56.2 Å². The van der Waals surface area contributed by atoms with E-state index in [0.29, 0.717) is 12.1 Å². The highest BCUT2D eigenvalue weighted by molar-refractivity contribution is 7.15. The predicted molar refractivity (Wildman–Crippen MR) is 72.9 cm³/mol. The number of hydrogen-bond acceptors (Lipinski definition) is 4.